The Labute approximate surface area is 224 Å². The number of aromatic nitrogens is 3. The van der Waals surface area contributed by atoms with Crippen LogP contribution in [-0.4, -0.2) is 27.8 Å². The van der Waals surface area contributed by atoms with E-state index in [1.165, 1.54) is 11.1 Å². The molecule has 1 aliphatic rings. The lowest BCUT2D eigenvalue weighted by Crippen LogP contribution is -2.31. The number of carbonyl (C=O) groups excluding carboxylic acids is 1. The van der Waals surface area contributed by atoms with Crippen molar-refractivity contribution in [3.05, 3.63) is 106 Å². The fourth-order valence-electron chi connectivity index (χ4n) is 4.26. The molecule has 3 aromatic carbocycles. The molecule has 5 rings (SSSR count). The number of allylic oxidation sites excluding steroid dienone is 1. The molecule has 37 heavy (non-hydrogen) atoms. The highest BCUT2D eigenvalue weighted by atomic mass is 35.5. The number of nitrogens with one attached hydrogen (secondary N) is 2. The first-order chi connectivity index (χ1) is 17.9. The van der Waals surface area contributed by atoms with E-state index >= 15 is 0 Å². The summed E-state index contributed by atoms with van der Waals surface area (Å²) in [6.45, 7) is 3.96. The largest absolute Gasteiger partial charge is 0.497 e. The van der Waals surface area contributed by atoms with E-state index in [0.717, 1.165) is 17.1 Å². The average Bonchev–Trinajstić information content (AvgIpc) is 3.30. The van der Waals surface area contributed by atoms with E-state index in [1.54, 1.807) is 47.8 Å². The molecule has 2 N–H and O–H groups in total. The van der Waals surface area contributed by atoms with Crippen molar-refractivity contribution < 1.29 is 9.53 Å². The van der Waals surface area contributed by atoms with E-state index in [9.17, 15) is 4.79 Å². The number of rotatable bonds is 7. The van der Waals surface area contributed by atoms with Crippen molar-refractivity contribution in [3.8, 4) is 5.75 Å². The van der Waals surface area contributed by atoms with E-state index in [0.29, 0.717) is 33.1 Å². The maximum atomic E-state index is 13.6. The Morgan fingerprint density at radius 1 is 1.11 bits per heavy atom. The van der Waals surface area contributed by atoms with Gasteiger partial charge in [-0.25, -0.2) is 4.68 Å². The minimum absolute atomic E-state index is 0.231. The molecule has 7 nitrogen and oxygen atoms in total. The summed E-state index contributed by atoms with van der Waals surface area (Å²) in [7, 11) is 1.61. The number of anilines is 2. The van der Waals surface area contributed by atoms with E-state index in [2.05, 4.69) is 41.8 Å². The van der Waals surface area contributed by atoms with Gasteiger partial charge in [0.25, 0.3) is 5.91 Å². The third-order valence-electron chi connectivity index (χ3n) is 6.06. The van der Waals surface area contributed by atoms with Gasteiger partial charge in [0.1, 0.15) is 11.8 Å². The smallest absolute Gasteiger partial charge is 0.255 e. The molecule has 1 atom stereocenters. The molecule has 1 amide bonds. The predicted molar refractivity (Wildman–Crippen MR) is 148 cm³/mol. The van der Waals surface area contributed by atoms with Crippen LogP contribution in [0.5, 0.6) is 5.75 Å². The van der Waals surface area contributed by atoms with Crippen LogP contribution in [0.15, 0.2) is 89.2 Å². The average molecular weight is 532 g/mol. The van der Waals surface area contributed by atoms with Gasteiger partial charge in [0.2, 0.25) is 11.1 Å². The van der Waals surface area contributed by atoms with E-state index < -0.39 is 6.04 Å². The highest BCUT2D eigenvalue weighted by Gasteiger charge is 2.34. The number of ether oxygens (including phenoxy) is 1. The zero-order chi connectivity index (χ0) is 25.9. The van der Waals surface area contributed by atoms with Crippen molar-refractivity contribution in [3.63, 3.8) is 0 Å². The van der Waals surface area contributed by atoms with Crippen molar-refractivity contribution in [2.24, 2.45) is 0 Å². The lowest BCUT2D eigenvalue weighted by Gasteiger charge is -2.28. The zero-order valence-corrected chi connectivity index (χ0v) is 22.2. The number of hydrogen-bond acceptors (Lipinski definition) is 6. The molecular weight excluding hydrogens is 506 g/mol. The van der Waals surface area contributed by atoms with Gasteiger partial charge in [-0.1, -0.05) is 65.3 Å². The molecule has 0 spiro atoms. The molecule has 0 saturated heterocycles. The lowest BCUT2D eigenvalue weighted by atomic mass is 9.95. The number of hydrogen-bond donors (Lipinski definition) is 2. The molecule has 1 aromatic heterocycles. The van der Waals surface area contributed by atoms with Crippen LogP contribution >= 0.6 is 23.4 Å². The third-order valence-corrected chi connectivity index (χ3v) is 7.22. The summed E-state index contributed by atoms with van der Waals surface area (Å²) in [4.78, 5) is 18.3. The summed E-state index contributed by atoms with van der Waals surface area (Å²) in [5.74, 6) is 1.82. The number of amides is 1. The fraction of sp³-hybridized carbons (Fsp3) is 0.179. The summed E-state index contributed by atoms with van der Waals surface area (Å²) in [6, 6.07) is 22.6. The molecular formula is C28H26ClN5O2S. The lowest BCUT2D eigenvalue weighted by molar-refractivity contribution is -0.113. The molecule has 0 unspecified atom stereocenters. The van der Waals surface area contributed by atoms with Crippen LogP contribution in [-0.2, 0) is 10.5 Å². The van der Waals surface area contributed by atoms with Gasteiger partial charge < -0.3 is 15.4 Å². The van der Waals surface area contributed by atoms with Crippen molar-refractivity contribution in [1.82, 2.24) is 14.8 Å². The van der Waals surface area contributed by atoms with Crippen molar-refractivity contribution >= 4 is 40.9 Å². The van der Waals surface area contributed by atoms with Crippen LogP contribution in [0.4, 0.5) is 11.6 Å². The Hall–Kier alpha value is -3.75. The van der Waals surface area contributed by atoms with Gasteiger partial charge in [-0.3, -0.25) is 4.79 Å². The van der Waals surface area contributed by atoms with Crippen LogP contribution in [0.1, 0.15) is 29.7 Å². The molecule has 0 bridgehead atoms. The van der Waals surface area contributed by atoms with Crippen molar-refractivity contribution in [1.29, 1.82) is 0 Å². The first kappa shape index (κ1) is 24.9. The number of thioether (sulfide) groups is 1. The first-order valence-corrected chi connectivity index (χ1v) is 13.1. The molecule has 9 heteroatoms. The molecule has 1 aliphatic heterocycles. The van der Waals surface area contributed by atoms with Gasteiger partial charge in [0.15, 0.2) is 0 Å². The minimum Gasteiger partial charge on any atom is -0.497 e. The summed E-state index contributed by atoms with van der Waals surface area (Å²) in [5, 5.41) is 12.4. The van der Waals surface area contributed by atoms with Gasteiger partial charge in [-0.2, -0.15) is 4.98 Å². The fourth-order valence-corrected chi connectivity index (χ4v) is 5.16. The minimum atomic E-state index is -0.479. The molecule has 0 saturated carbocycles. The van der Waals surface area contributed by atoms with Gasteiger partial charge in [0, 0.05) is 22.2 Å². The second kappa shape index (κ2) is 10.7. The maximum Gasteiger partial charge on any atom is 0.255 e. The number of methoxy groups -OCH3 is 1. The van der Waals surface area contributed by atoms with Crippen LogP contribution < -0.4 is 15.4 Å². The second-order valence-electron chi connectivity index (χ2n) is 8.74. The second-order valence-corrected chi connectivity index (χ2v) is 10.1. The highest BCUT2D eigenvalue weighted by molar-refractivity contribution is 7.98. The molecule has 0 aliphatic carbocycles. The predicted octanol–water partition coefficient (Wildman–Crippen LogP) is 6.47. The summed E-state index contributed by atoms with van der Waals surface area (Å²) in [5.41, 5.74) is 5.22. The summed E-state index contributed by atoms with van der Waals surface area (Å²) < 4.78 is 7.00. The van der Waals surface area contributed by atoms with E-state index in [-0.39, 0.29) is 5.91 Å². The summed E-state index contributed by atoms with van der Waals surface area (Å²) >= 11 is 7.73. The van der Waals surface area contributed by atoms with Crippen LogP contribution in [0, 0.1) is 6.92 Å². The Morgan fingerprint density at radius 3 is 2.57 bits per heavy atom. The SMILES string of the molecule is COc1ccc(NC(=O)C2=C(C)Nc3nc(SCc4cccc(C)c4)nn3[C@@H]2c2ccc(Cl)cc2)cc1. The van der Waals surface area contributed by atoms with E-state index in [4.69, 9.17) is 26.4 Å². The summed E-state index contributed by atoms with van der Waals surface area (Å²) in [6.07, 6.45) is 0. The Bertz CT molecular complexity index is 1460. The third kappa shape index (κ3) is 5.50. The number of benzene rings is 3. The van der Waals surface area contributed by atoms with Crippen LogP contribution in [0.25, 0.3) is 0 Å². The quantitative estimate of drug-likeness (QED) is 0.266. The number of aryl methyl sites for hydroxylation is 1. The molecule has 2 heterocycles. The van der Waals surface area contributed by atoms with Gasteiger partial charge in [0.05, 0.1) is 12.7 Å². The monoisotopic (exact) mass is 531 g/mol. The van der Waals surface area contributed by atoms with Gasteiger partial charge in [-0.15, -0.1) is 5.10 Å². The van der Waals surface area contributed by atoms with Crippen molar-refractivity contribution in [2.45, 2.75) is 30.8 Å². The van der Waals surface area contributed by atoms with Gasteiger partial charge in [-0.05, 0) is 61.4 Å². The van der Waals surface area contributed by atoms with Crippen LogP contribution in [0.2, 0.25) is 5.02 Å². The number of nitrogens with zero attached hydrogens (tertiary/aromatic N) is 3. The number of carbonyl (C=O) groups is 1. The molecule has 0 fully saturated rings. The highest BCUT2D eigenvalue weighted by Crippen LogP contribution is 2.37. The number of fused-ring (bicyclic) bond motifs is 1. The van der Waals surface area contributed by atoms with Gasteiger partial charge >= 0.3 is 0 Å². The molecule has 188 valence electrons. The topological polar surface area (TPSA) is 81.1 Å². The molecule has 0 radical (unpaired) electrons. The van der Waals surface area contributed by atoms with Crippen LogP contribution in [0.3, 0.4) is 0 Å². The Kier molecular flexibility index (Phi) is 7.21. The standard InChI is InChI=1S/C28H26ClN5O2S/c1-17-5-4-6-19(15-17)16-37-28-32-27-30-18(2)24(26(35)31-22-11-13-23(36-3)14-12-22)25(34(27)33-28)20-7-9-21(29)10-8-20/h4-15,25H,16H2,1-3H3,(H,31,35)(H,30,32,33)/t25-/m1/s1. The first-order valence-electron chi connectivity index (χ1n) is 11.7. The molecule has 4 aromatic rings. The Balaban J connectivity index is 1.46. The van der Waals surface area contributed by atoms with Crippen molar-refractivity contribution in [2.75, 3.05) is 17.7 Å². The zero-order valence-electron chi connectivity index (χ0n) is 20.7. The van der Waals surface area contributed by atoms with E-state index in [1.807, 2.05) is 31.2 Å². The normalized spacial score (nSPS) is 14.6. The number of halogens is 1. The maximum absolute atomic E-state index is 13.6. The Morgan fingerprint density at radius 2 is 1.86 bits per heavy atom.